The van der Waals surface area contributed by atoms with Gasteiger partial charge >= 0.3 is 23.9 Å². The van der Waals surface area contributed by atoms with Gasteiger partial charge in [0, 0.05) is 19.2 Å². The Morgan fingerprint density at radius 2 is 1.80 bits per heavy atom. The molecule has 0 aliphatic carbocycles. The third-order valence-electron chi connectivity index (χ3n) is 6.02. The van der Waals surface area contributed by atoms with Crippen LogP contribution in [0.15, 0.2) is 42.6 Å². The number of aromatic nitrogens is 1. The molecule has 12 heteroatoms. The first-order chi connectivity index (χ1) is 19.0. The van der Waals surface area contributed by atoms with Crippen LogP contribution in [0.5, 0.6) is 11.5 Å². The molecule has 1 aliphatic rings. The van der Waals surface area contributed by atoms with E-state index in [-0.39, 0.29) is 23.6 Å². The highest BCUT2D eigenvalue weighted by Crippen LogP contribution is 2.30. The van der Waals surface area contributed by atoms with Crippen LogP contribution in [0.2, 0.25) is 0 Å². The maximum atomic E-state index is 13.3. The number of hydrogen-bond donors (Lipinski definition) is 1. The number of rotatable bonds is 8. The maximum absolute atomic E-state index is 13.3. The minimum absolute atomic E-state index is 0.0611. The average Bonchev–Trinajstić information content (AvgIpc) is 2.95. The summed E-state index contributed by atoms with van der Waals surface area (Å²) in [5.74, 6) is -5.58. The van der Waals surface area contributed by atoms with Gasteiger partial charge in [0.15, 0.2) is 23.6 Å². The number of carbonyl (C=O) groups excluding carboxylic acids is 5. The largest absolute Gasteiger partial charge is 0.493 e. The molecule has 3 rings (SSSR count). The number of esters is 4. The van der Waals surface area contributed by atoms with Crippen LogP contribution >= 0.6 is 0 Å². The second-order valence-corrected chi connectivity index (χ2v) is 9.44. The fourth-order valence-corrected chi connectivity index (χ4v) is 3.97. The highest BCUT2D eigenvalue weighted by Gasteiger charge is 2.42. The molecule has 1 fully saturated rings. The normalized spacial score (nSPS) is 21.1. The smallest absolute Gasteiger partial charge is 0.332 e. The zero-order valence-corrected chi connectivity index (χ0v) is 22.9. The number of nitrogens with zero attached hydrogens (tertiary/aromatic N) is 1. The van der Waals surface area contributed by atoms with Gasteiger partial charge in [0.1, 0.15) is 18.6 Å². The van der Waals surface area contributed by atoms with Crippen LogP contribution in [-0.4, -0.2) is 66.7 Å². The van der Waals surface area contributed by atoms with E-state index in [1.54, 1.807) is 26.0 Å². The number of nitrogens with one attached hydrogen (secondary N) is 1. The lowest BCUT2D eigenvalue weighted by Gasteiger charge is -2.29. The predicted octanol–water partition coefficient (Wildman–Crippen LogP) is 2.03. The molecule has 4 atom stereocenters. The van der Waals surface area contributed by atoms with Crippen molar-refractivity contribution in [3.05, 3.63) is 53.9 Å². The quantitative estimate of drug-likeness (QED) is 0.375. The van der Waals surface area contributed by atoms with Crippen LogP contribution in [0, 0.1) is 11.8 Å². The Bertz CT molecular complexity index is 1250. The molecule has 1 amide bonds. The monoisotopic (exact) mass is 556 g/mol. The predicted molar refractivity (Wildman–Crippen MR) is 138 cm³/mol. The van der Waals surface area contributed by atoms with Crippen LogP contribution < -0.4 is 14.8 Å². The van der Waals surface area contributed by atoms with Crippen LogP contribution in [0.3, 0.4) is 0 Å². The van der Waals surface area contributed by atoms with Crippen LogP contribution in [0.1, 0.15) is 43.7 Å². The SMILES string of the molecule is COc1ccnc(C(=O)N[C@H]2COC(=O)C(Cc3ccccc3)[C@@H](OC(=O)C(C)C)[C@H](C)OC2=O)c1OC(C)=O. The average molecular weight is 557 g/mol. The zero-order valence-electron chi connectivity index (χ0n) is 22.9. The van der Waals surface area contributed by atoms with Gasteiger partial charge in [0.25, 0.3) is 5.91 Å². The topological polar surface area (TPSA) is 156 Å². The number of amides is 1. The lowest BCUT2D eigenvalue weighted by Crippen LogP contribution is -2.47. The number of ether oxygens (including phenoxy) is 5. The first-order valence-electron chi connectivity index (χ1n) is 12.7. The Hall–Kier alpha value is -4.48. The number of hydrogen-bond acceptors (Lipinski definition) is 11. The summed E-state index contributed by atoms with van der Waals surface area (Å²) in [5, 5.41) is 2.42. The van der Waals surface area contributed by atoms with E-state index in [9.17, 15) is 24.0 Å². The molecule has 1 aliphatic heterocycles. The van der Waals surface area contributed by atoms with E-state index in [1.165, 1.54) is 26.3 Å². The molecule has 1 saturated heterocycles. The van der Waals surface area contributed by atoms with Gasteiger partial charge in [-0.25, -0.2) is 9.78 Å². The molecule has 2 heterocycles. The van der Waals surface area contributed by atoms with E-state index >= 15 is 0 Å². The second kappa shape index (κ2) is 13.5. The third-order valence-corrected chi connectivity index (χ3v) is 6.02. The van der Waals surface area contributed by atoms with Crippen molar-refractivity contribution in [2.45, 2.75) is 52.4 Å². The standard InChI is InChI=1S/C28H32N2O10/c1-15(2)26(33)40-23-16(3)38-28(35)20(14-37-27(34)19(23)13-18-9-7-6-8-10-18)30-25(32)22-24(39-17(4)31)21(36-5)11-12-29-22/h6-12,15-16,19-20,23H,13-14H2,1-5H3,(H,30,32)/t16-,19?,20-,23-/m0/s1. The zero-order chi connectivity index (χ0) is 29.4. The molecule has 2 aromatic rings. The number of carbonyl (C=O) groups is 5. The van der Waals surface area contributed by atoms with Crippen molar-refractivity contribution in [2.75, 3.05) is 13.7 Å². The van der Waals surface area contributed by atoms with Gasteiger partial charge in [-0.15, -0.1) is 0 Å². The number of benzene rings is 1. The number of cyclic esters (lactones) is 2. The van der Waals surface area contributed by atoms with Crippen LogP contribution in [-0.2, 0) is 39.8 Å². The van der Waals surface area contributed by atoms with Gasteiger partial charge in [-0.05, 0) is 18.9 Å². The summed E-state index contributed by atoms with van der Waals surface area (Å²) >= 11 is 0. The fourth-order valence-electron chi connectivity index (χ4n) is 3.97. The summed E-state index contributed by atoms with van der Waals surface area (Å²) in [5.41, 5.74) is 0.437. The van der Waals surface area contributed by atoms with E-state index in [2.05, 4.69) is 10.3 Å². The molecule has 1 aromatic carbocycles. The Labute approximate surface area is 231 Å². The Morgan fingerprint density at radius 1 is 1.10 bits per heavy atom. The minimum atomic E-state index is -1.45. The summed E-state index contributed by atoms with van der Waals surface area (Å²) in [6, 6.07) is 8.98. The highest BCUT2D eigenvalue weighted by atomic mass is 16.6. The fraction of sp³-hybridized carbons (Fsp3) is 0.429. The van der Waals surface area contributed by atoms with Gasteiger partial charge in [-0.3, -0.25) is 19.2 Å². The summed E-state index contributed by atoms with van der Waals surface area (Å²) in [6.45, 7) is 5.34. The molecule has 1 N–H and O–H groups in total. The third kappa shape index (κ3) is 7.55. The maximum Gasteiger partial charge on any atom is 0.332 e. The van der Waals surface area contributed by atoms with Crippen molar-refractivity contribution < 1.29 is 47.7 Å². The Balaban J connectivity index is 1.90. The van der Waals surface area contributed by atoms with E-state index in [0.29, 0.717) is 0 Å². The van der Waals surface area contributed by atoms with E-state index in [0.717, 1.165) is 12.5 Å². The van der Waals surface area contributed by atoms with E-state index in [4.69, 9.17) is 23.7 Å². The van der Waals surface area contributed by atoms with Crippen molar-refractivity contribution in [1.82, 2.24) is 10.3 Å². The van der Waals surface area contributed by atoms with Crippen LogP contribution in [0.4, 0.5) is 0 Å². The first-order valence-corrected chi connectivity index (χ1v) is 12.7. The molecule has 0 saturated carbocycles. The lowest BCUT2D eigenvalue weighted by atomic mass is 9.91. The molecule has 1 unspecified atom stereocenters. The summed E-state index contributed by atoms with van der Waals surface area (Å²) in [7, 11) is 1.31. The van der Waals surface area contributed by atoms with Crippen molar-refractivity contribution in [2.24, 2.45) is 11.8 Å². The molecule has 0 bridgehead atoms. The van der Waals surface area contributed by atoms with Crippen molar-refractivity contribution >= 4 is 29.8 Å². The van der Waals surface area contributed by atoms with Crippen molar-refractivity contribution in [1.29, 1.82) is 0 Å². The number of pyridine rings is 1. The van der Waals surface area contributed by atoms with Crippen molar-refractivity contribution in [3.63, 3.8) is 0 Å². The molecule has 214 valence electrons. The van der Waals surface area contributed by atoms with Gasteiger partial charge < -0.3 is 29.0 Å². The molecule has 0 radical (unpaired) electrons. The van der Waals surface area contributed by atoms with Gasteiger partial charge in [-0.2, -0.15) is 0 Å². The lowest BCUT2D eigenvalue weighted by molar-refractivity contribution is -0.176. The van der Waals surface area contributed by atoms with E-state index < -0.39 is 66.5 Å². The number of methoxy groups -OCH3 is 1. The second-order valence-electron chi connectivity index (χ2n) is 9.44. The summed E-state index contributed by atoms with van der Waals surface area (Å²) in [4.78, 5) is 67.7. The van der Waals surface area contributed by atoms with E-state index in [1.807, 2.05) is 18.2 Å². The van der Waals surface area contributed by atoms with Crippen LogP contribution in [0.25, 0.3) is 0 Å². The molecule has 40 heavy (non-hydrogen) atoms. The van der Waals surface area contributed by atoms with Gasteiger partial charge in [0.2, 0.25) is 5.75 Å². The summed E-state index contributed by atoms with van der Waals surface area (Å²) < 4.78 is 26.9. The van der Waals surface area contributed by atoms with Gasteiger partial charge in [0.05, 0.1) is 13.0 Å². The summed E-state index contributed by atoms with van der Waals surface area (Å²) in [6.07, 6.45) is -0.822. The molecular formula is C28H32N2O10. The minimum Gasteiger partial charge on any atom is -0.493 e. The Morgan fingerprint density at radius 3 is 2.42 bits per heavy atom. The molecular weight excluding hydrogens is 524 g/mol. The molecule has 12 nitrogen and oxygen atoms in total. The highest BCUT2D eigenvalue weighted by molar-refractivity contribution is 5.98. The molecule has 1 aromatic heterocycles. The van der Waals surface area contributed by atoms with Crippen molar-refractivity contribution in [3.8, 4) is 11.5 Å². The Kier molecular flexibility index (Phi) is 10.2. The van der Waals surface area contributed by atoms with Gasteiger partial charge in [-0.1, -0.05) is 44.2 Å². The molecule has 0 spiro atoms. The first kappa shape index (κ1) is 30.1.